The van der Waals surface area contributed by atoms with E-state index in [0.717, 1.165) is 27.5 Å². The van der Waals surface area contributed by atoms with Crippen LogP contribution in [-0.4, -0.2) is 28.5 Å². The molecular formula is C26H22FN3O3S. The van der Waals surface area contributed by atoms with Crippen LogP contribution in [0.15, 0.2) is 84.2 Å². The summed E-state index contributed by atoms with van der Waals surface area (Å²) in [4.78, 5) is 29.7. The number of hydrogen-bond donors (Lipinski definition) is 2. The highest BCUT2D eigenvalue weighted by atomic mass is 32.1. The van der Waals surface area contributed by atoms with Gasteiger partial charge in [-0.1, -0.05) is 42.5 Å². The second-order valence-electron chi connectivity index (χ2n) is 7.64. The Kier molecular flexibility index (Phi) is 7.29. The van der Waals surface area contributed by atoms with E-state index in [2.05, 4.69) is 22.3 Å². The van der Waals surface area contributed by atoms with E-state index in [9.17, 15) is 14.0 Å². The third kappa shape index (κ3) is 6.05. The number of thiazole rings is 1. The number of aromatic nitrogens is 1. The fraction of sp³-hybridized carbons (Fsp3) is 0.115. The summed E-state index contributed by atoms with van der Waals surface area (Å²) in [6.45, 7) is 0.770. The summed E-state index contributed by atoms with van der Waals surface area (Å²) in [6, 6.07) is 23.4. The number of halogens is 1. The minimum Gasteiger partial charge on any atom is -0.480 e. The van der Waals surface area contributed by atoms with Crippen LogP contribution in [0, 0.1) is 5.82 Å². The highest BCUT2D eigenvalue weighted by Gasteiger charge is 2.15. The first kappa shape index (κ1) is 23.1. The van der Waals surface area contributed by atoms with Crippen LogP contribution in [-0.2, 0) is 17.9 Å². The van der Waals surface area contributed by atoms with Gasteiger partial charge in [0.2, 0.25) is 0 Å². The first-order chi connectivity index (χ1) is 16.5. The molecule has 1 aromatic heterocycles. The molecule has 4 aromatic rings. The van der Waals surface area contributed by atoms with E-state index in [-0.39, 0.29) is 5.82 Å². The minimum absolute atomic E-state index is 0.287. The molecule has 6 nitrogen and oxygen atoms in total. The van der Waals surface area contributed by atoms with Crippen molar-refractivity contribution in [3.8, 4) is 11.3 Å². The van der Waals surface area contributed by atoms with Gasteiger partial charge in [-0.15, -0.1) is 11.3 Å². The lowest BCUT2D eigenvalue weighted by molar-refractivity contribution is -0.135. The zero-order valence-corrected chi connectivity index (χ0v) is 19.0. The second-order valence-corrected chi connectivity index (χ2v) is 8.47. The third-order valence-electron chi connectivity index (χ3n) is 5.11. The van der Waals surface area contributed by atoms with Gasteiger partial charge in [-0.2, -0.15) is 0 Å². The fourth-order valence-electron chi connectivity index (χ4n) is 3.40. The van der Waals surface area contributed by atoms with Gasteiger partial charge in [0.25, 0.3) is 5.91 Å². The molecule has 3 aromatic carbocycles. The van der Waals surface area contributed by atoms with Gasteiger partial charge >= 0.3 is 5.97 Å². The van der Waals surface area contributed by atoms with Crippen molar-refractivity contribution < 1.29 is 19.1 Å². The molecule has 0 aliphatic heterocycles. The van der Waals surface area contributed by atoms with Crippen LogP contribution in [0.2, 0.25) is 0 Å². The molecule has 0 atom stereocenters. The fourth-order valence-corrected chi connectivity index (χ4v) is 4.23. The van der Waals surface area contributed by atoms with E-state index in [0.29, 0.717) is 18.7 Å². The number of carboxylic acid groups (broad SMARTS) is 1. The topological polar surface area (TPSA) is 82.5 Å². The molecule has 172 valence electrons. The zero-order valence-electron chi connectivity index (χ0n) is 18.1. The average Bonchev–Trinajstić information content (AvgIpc) is 3.34. The van der Waals surface area contributed by atoms with Crippen molar-refractivity contribution in [2.24, 2.45) is 0 Å². The average molecular weight is 476 g/mol. The number of carbonyl (C=O) groups is 2. The summed E-state index contributed by atoms with van der Waals surface area (Å²) >= 11 is 1.51. The summed E-state index contributed by atoms with van der Waals surface area (Å²) in [5.74, 6) is -1.81. The van der Waals surface area contributed by atoms with Gasteiger partial charge in [0.1, 0.15) is 12.4 Å². The molecule has 1 amide bonds. The van der Waals surface area contributed by atoms with Gasteiger partial charge in [-0.05, 0) is 47.5 Å². The molecule has 0 aliphatic carbocycles. The summed E-state index contributed by atoms with van der Waals surface area (Å²) < 4.78 is 13.3. The summed E-state index contributed by atoms with van der Waals surface area (Å²) in [7, 11) is 0. The molecule has 34 heavy (non-hydrogen) atoms. The Morgan fingerprint density at radius 3 is 2.21 bits per heavy atom. The number of anilines is 1. The van der Waals surface area contributed by atoms with E-state index in [1.54, 1.807) is 24.3 Å². The van der Waals surface area contributed by atoms with Crippen molar-refractivity contribution in [3.05, 3.63) is 107 Å². The molecule has 0 saturated carbocycles. The van der Waals surface area contributed by atoms with Gasteiger partial charge in [0.05, 0.1) is 5.69 Å². The molecule has 0 radical (unpaired) electrons. The monoisotopic (exact) mass is 475 g/mol. The lowest BCUT2D eigenvalue weighted by Gasteiger charge is -2.22. The van der Waals surface area contributed by atoms with E-state index >= 15 is 0 Å². The van der Waals surface area contributed by atoms with Crippen LogP contribution in [0.3, 0.4) is 0 Å². The van der Waals surface area contributed by atoms with Crippen LogP contribution in [0.4, 0.5) is 9.52 Å². The van der Waals surface area contributed by atoms with Gasteiger partial charge in [0, 0.05) is 29.6 Å². The molecule has 0 fully saturated rings. The van der Waals surface area contributed by atoms with E-state index < -0.39 is 18.4 Å². The maximum absolute atomic E-state index is 13.3. The summed E-state index contributed by atoms with van der Waals surface area (Å²) in [6.07, 6.45) is 0. The minimum atomic E-state index is -1.09. The Labute approximate surface area is 200 Å². The van der Waals surface area contributed by atoms with Gasteiger partial charge in [-0.25, -0.2) is 9.37 Å². The van der Waals surface area contributed by atoms with Crippen LogP contribution < -0.4 is 10.2 Å². The number of aliphatic carboxylic acids is 1. The Bertz CT molecular complexity index is 1260. The highest BCUT2D eigenvalue weighted by Crippen LogP contribution is 2.29. The van der Waals surface area contributed by atoms with Crippen molar-refractivity contribution in [1.82, 2.24) is 10.3 Å². The zero-order chi connectivity index (χ0) is 23.9. The van der Waals surface area contributed by atoms with Crippen LogP contribution in [0.1, 0.15) is 21.5 Å². The second kappa shape index (κ2) is 10.7. The third-order valence-corrected chi connectivity index (χ3v) is 6.01. The number of hydrogen-bond acceptors (Lipinski definition) is 5. The van der Waals surface area contributed by atoms with Crippen LogP contribution in [0.25, 0.3) is 11.3 Å². The van der Waals surface area contributed by atoms with Crippen molar-refractivity contribution in [3.63, 3.8) is 0 Å². The number of carboxylic acids is 1. The molecule has 4 rings (SSSR count). The number of nitrogens with zero attached hydrogens (tertiary/aromatic N) is 2. The molecule has 8 heteroatoms. The molecule has 1 heterocycles. The van der Waals surface area contributed by atoms with Crippen molar-refractivity contribution in [2.45, 2.75) is 13.1 Å². The summed E-state index contributed by atoms with van der Waals surface area (Å²) in [5, 5.41) is 13.9. The molecule has 2 N–H and O–H groups in total. The van der Waals surface area contributed by atoms with Gasteiger partial charge in [-0.3, -0.25) is 9.59 Å². The number of benzene rings is 3. The smallest absolute Gasteiger partial charge is 0.322 e. The van der Waals surface area contributed by atoms with Gasteiger partial charge < -0.3 is 15.3 Å². The van der Waals surface area contributed by atoms with Crippen LogP contribution >= 0.6 is 11.3 Å². The van der Waals surface area contributed by atoms with Crippen molar-refractivity contribution in [1.29, 1.82) is 0 Å². The van der Waals surface area contributed by atoms with E-state index in [1.165, 1.54) is 23.5 Å². The molecule has 0 spiro atoms. The lowest BCUT2D eigenvalue weighted by Crippen LogP contribution is -2.29. The molecule has 0 unspecified atom stereocenters. The molecule has 0 bridgehead atoms. The summed E-state index contributed by atoms with van der Waals surface area (Å²) in [5.41, 5.74) is 4.13. The quantitative estimate of drug-likeness (QED) is 0.357. The first-order valence-corrected chi connectivity index (χ1v) is 11.4. The normalized spacial score (nSPS) is 10.6. The Balaban J connectivity index is 1.54. The number of rotatable bonds is 9. The molecular weight excluding hydrogens is 453 g/mol. The molecule has 0 aliphatic rings. The van der Waals surface area contributed by atoms with Crippen molar-refractivity contribution >= 4 is 28.3 Å². The number of carbonyl (C=O) groups excluding carboxylic acids is 1. The predicted molar refractivity (Wildman–Crippen MR) is 130 cm³/mol. The standard InChI is InChI=1S/C26H22FN3O3S/c27-22-12-10-20(11-13-22)23-17-34-26(29-23)30(15-18-4-2-1-3-5-18)16-19-6-8-21(9-7-19)25(33)28-14-24(31)32/h1-13,17H,14-16H2,(H,28,33)(H,31,32). The highest BCUT2D eigenvalue weighted by molar-refractivity contribution is 7.14. The number of nitrogens with one attached hydrogen (secondary N) is 1. The molecule has 0 saturated heterocycles. The van der Waals surface area contributed by atoms with Gasteiger partial charge in [0.15, 0.2) is 5.13 Å². The Morgan fingerprint density at radius 1 is 0.912 bits per heavy atom. The Morgan fingerprint density at radius 2 is 1.56 bits per heavy atom. The van der Waals surface area contributed by atoms with Crippen molar-refractivity contribution in [2.75, 3.05) is 11.4 Å². The maximum Gasteiger partial charge on any atom is 0.322 e. The Hall–Kier alpha value is -4.04. The largest absolute Gasteiger partial charge is 0.480 e. The van der Waals surface area contributed by atoms with Crippen LogP contribution in [0.5, 0.6) is 0 Å². The van der Waals surface area contributed by atoms with E-state index in [1.807, 2.05) is 35.7 Å². The SMILES string of the molecule is O=C(O)CNC(=O)c1ccc(CN(Cc2ccccc2)c2nc(-c3ccc(F)cc3)cs2)cc1. The predicted octanol–water partition coefficient (Wildman–Crippen LogP) is 4.97. The van der Waals surface area contributed by atoms with E-state index in [4.69, 9.17) is 10.1 Å². The number of amides is 1. The maximum atomic E-state index is 13.3. The lowest BCUT2D eigenvalue weighted by atomic mass is 10.1. The first-order valence-electron chi connectivity index (χ1n) is 10.6.